The van der Waals surface area contributed by atoms with Crippen LogP contribution in [0.4, 0.5) is 11.4 Å². The average Bonchev–Trinajstić information content (AvgIpc) is 2.75. The number of anilines is 2. The number of rotatable bonds is 8. The van der Waals surface area contributed by atoms with E-state index in [0.717, 1.165) is 44.2 Å². The molecule has 8 heteroatoms. The minimum atomic E-state index is -0.175. The third kappa shape index (κ3) is 5.34. The summed E-state index contributed by atoms with van der Waals surface area (Å²) in [5, 5.41) is 6.14. The lowest BCUT2D eigenvalue weighted by molar-refractivity contribution is 0.0383. The topological polar surface area (TPSA) is 85.0 Å². The van der Waals surface area contributed by atoms with Crippen LogP contribution in [0.15, 0.2) is 36.5 Å². The van der Waals surface area contributed by atoms with Gasteiger partial charge in [0.15, 0.2) is 11.5 Å². The summed E-state index contributed by atoms with van der Waals surface area (Å²) in [6.45, 7) is 4.73. The lowest BCUT2D eigenvalue weighted by atomic mass is 10.2. The van der Waals surface area contributed by atoms with E-state index >= 15 is 0 Å². The molecule has 1 aromatic carbocycles. The second-order valence-electron chi connectivity index (χ2n) is 6.34. The van der Waals surface area contributed by atoms with Crippen LogP contribution >= 0.6 is 0 Å². The quantitative estimate of drug-likeness (QED) is 0.717. The van der Waals surface area contributed by atoms with Crippen LogP contribution < -0.4 is 20.1 Å². The van der Waals surface area contributed by atoms with Crippen LogP contribution in [0.5, 0.6) is 11.5 Å². The molecule has 150 valence electrons. The number of carbonyl (C=O) groups excluding carboxylic acids is 1. The summed E-state index contributed by atoms with van der Waals surface area (Å²) in [6, 6.07) is 9.07. The number of carbonyl (C=O) groups is 1. The van der Waals surface area contributed by atoms with Crippen LogP contribution in [-0.4, -0.2) is 69.4 Å². The molecule has 2 heterocycles. The summed E-state index contributed by atoms with van der Waals surface area (Å²) in [4.78, 5) is 18.8. The Morgan fingerprint density at radius 3 is 2.54 bits per heavy atom. The van der Waals surface area contributed by atoms with E-state index in [9.17, 15) is 4.79 Å². The zero-order valence-electron chi connectivity index (χ0n) is 16.2. The Labute approximate surface area is 164 Å². The Kier molecular flexibility index (Phi) is 7.05. The van der Waals surface area contributed by atoms with Gasteiger partial charge in [-0.15, -0.1) is 0 Å². The first-order valence-corrected chi connectivity index (χ1v) is 9.23. The highest BCUT2D eigenvalue weighted by Crippen LogP contribution is 2.30. The Balaban J connectivity index is 1.52. The fraction of sp³-hybridized carbons (Fsp3) is 0.400. The average molecular weight is 386 g/mol. The smallest absolute Gasteiger partial charge is 0.269 e. The standard InChI is InChI=1S/C20H26N4O4/c1-26-18-6-4-15(13-19(18)27-2)23-16-3-5-17(22-14-16)20(25)21-7-8-24-9-11-28-12-10-24/h3-6,13-14,23H,7-12H2,1-2H3,(H,21,25). The van der Waals surface area contributed by atoms with Crippen LogP contribution in [0.25, 0.3) is 0 Å². The molecule has 1 aromatic heterocycles. The van der Waals surface area contributed by atoms with Crippen molar-refractivity contribution in [3.8, 4) is 11.5 Å². The van der Waals surface area contributed by atoms with Crippen molar-refractivity contribution in [3.63, 3.8) is 0 Å². The van der Waals surface area contributed by atoms with Crippen molar-refractivity contribution in [2.75, 3.05) is 58.9 Å². The summed E-state index contributed by atoms with van der Waals surface area (Å²) >= 11 is 0. The van der Waals surface area contributed by atoms with Gasteiger partial charge in [0.25, 0.3) is 5.91 Å². The normalized spacial score (nSPS) is 14.4. The van der Waals surface area contributed by atoms with E-state index in [-0.39, 0.29) is 5.91 Å². The maximum Gasteiger partial charge on any atom is 0.269 e. The fourth-order valence-corrected chi connectivity index (χ4v) is 2.93. The Bertz CT molecular complexity index is 776. The number of nitrogens with one attached hydrogen (secondary N) is 2. The predicted molar refractivity (Wildman–Crippen MR) is 107 cm³/mol. The molecule has 0 spiro atoms. The van der Waals surface area contributed by atoms with Crippen LogP contribution in [0.1, 0.15) is 10.5 Å². The molecule has 1 saturated heterocycles. The Hall–Kier alpha value is -2.84. The highest BCUT2D eigenvalue weighted by atomic mass is 16.5. The molecule has 28 heavy (non-hydrogen) atoms. The summed E-state index contributed by atoms with van der Waals surface area (Å²) in [5.41, 5.74) is 2.00. The van der Waals surface area contributed by atoms with Crippen LogP contribution in [0.2, 0.25) is 0 Å². The number of ether oxygens (including phenoxy) is 3. The van der Waals surface area contributed by atoms with E-state index in [1.807, 2.05) is 24.3 Å². The third-order valence-corrected chi connectivity index (χ3v) is 4.49. The molecule has 2 N–H and O–H groups in total. The molecule has 0 bridgehead atoms. The van der Waals surface area contributed by atoms with Gasteiger partial charge in [0.05, 0.1) is 39.3 Å². The van der Waals surface area contributed by atoms with E-state index in [1.54, 1.807) is 26.5 Å². The number of pyridine rings is 1. The van der Waals surface area contributed by atoms with Gasteiger partial charge in [-0.1, -0.05) is 0 Å². The molecule has 0 saturated carbocycles. The van der Waals surface area contributed by atoms with E-state index in [4.69, 9.17) is 14.2 Å². The van der Waals surface area contributed by atoms with Gasteiger partial charge >= 0.3 is 0 Å². The van der Waals surface area contributed by atoms with Crippen molar-refractivity contribution in [2.45, 2.75) is 0 Å². The van der Waals surface area contributed by atoms with Crippen LogP contribution in [0, 0.1) is 0 Å². The van der Waals surface area contributed by atoms with Gasteiger partial charge in [0, 0.05) is 37.9 Å². The van der Waals surface area contributed by atoms with Crippen molar-refractivity contribution >= 4 is 17.3 Å². The number of hydrogen-bond donors (Lipinski definition) is 2. The minimum Gasteiger partial charge on any atom is -0.493 e. The number of aromatic nitrogens is 1. The van der Waals surface area contributed by atoms with Gasteiger partial charge in [-0.25, -0.2) is 4.98 Å². The highest BCUT2D eigenvalue weighted by Gasteiger charge is 2.12. The second-order valence-corrected chi connectivity index (χ2v) is 6.34. The predicted octanol–water partition coefficient (Wildman–Crippen LogP) is 1.90. The first kappa shape index (κ1) is 19.9. The summed E-state index contributed by atoms with van der Waals surface area (Å²) in [6.07, 6.45) is 1.63. The van der Waals surface area contributed by atoms with Crippen molar-refractivity contribution in [1.82, 2.24) is 15.2 Å². The molecule has 8 nitrogen and oxygen atoms in total. The van der Waals surface area contributed by atoms with Gasteiger partial charge in [0.2, 0.25) is 0 Å². The zero-order valence-corrected chi connectivity index (χ0v) is 16.2. The highest BCUT2D eigenvalue weighted by molar-refractivity contribution is 5.92. The molecule has 0 radical (unpaired) electrons. The van der Waals surface area contributed by atoms with Crippen molar-refractivity contribution in [2.24, 2.45) is 0 Å². The number of morpholine rings is 1. The molecule has 1 aliphatic rings. The SMILES string of the molecule is COc1ccc(Nc2ccc(C(=O)NCCN3CCOCC3)nc2)cc1OC. The van der Waals surface area contributed by atoms with E-state index in [0.29, 0.717) is 23.7 Å². The van der Waals surface area contributed by atoms with Crippen molar-refractivity contribution in [1.29, 1.82) is 0 Å². The molecule has 3 rings (SSSR count). The minimum absolute atomic E-state index is 0.175. The lowest BCUT2D eigenvalue weighted by Crippen LogP contribution is -2.41. The molecular weight excluding hydrogens is 360 g/mol. The Morgan fingerprint density at radius 1 is 1.11 bits per heavy atom. The monoisotopic (exact) mass is 386 g/mol. The molecule has 0 atom stereocenters. The van der Waals surface area contributed by atoms with Gasteiger partial charge in [-0.05, 0) is 24.3 Å². The van der Waals surface area contributed by atoms with E-state index < -0.39 is 0 Å². The van der Waals surface area contributed by atoms with Gasteiger partial charge in [0.1, 0.15) is 5.69 Å². The van der Waals surface area contributed by atoms with Crippen LogP contribution in [-0.2, 0) is 4.74 Å². The molecule has 0 aliphatic carbocycles. The van der Waals surface area contributed by atoms with Gasteiger partial charge in [-0.2, -0.15) is 0 Å². The summed E-state index contributed by atoms with van der Waals surface area (Å²) in [7, 11) is 3.19. The fourth-order valence-electron chi connectivity index (χ4n) is 2.93. The lowest BCUT2D eigenvalue weighted by Gasteiger charge is -2.26. The number of amides is 1. The largest absolute Gasteiger partial charge is 0.493 e. The van der Waals surface area contributed by atoms with Gasteiger partial charge < -0.3 is 24.8 Å². The maximum absolute atomic E-state index is 12.2. The number of hydrogen-bond acceptors (Lipinski definition) is 7. The molecule has 1 fully saturated rings. The molecule has 1 aliphatic heterocycles. The van der Waals surface area contributed by atoms with Crippen molar-refractivity contribution in [3.05, 3.63) is 42.2 Å². The zero-order chi connectivity index (χ0) is 19.8. The first-order chi connectivity index (χ1) is 13.7. The third-order valence-electron chi connectivity index (χ3n) is 4.49. The van der Waals surface area contributed by atoms with Crippen molar-refractivity contribution < 1.29 is 19.0 Å². The molecule has 2 aromatic rings. The molecule has 0 unspecified atom stereocenters. The molecular formula is C20H26N4O4. The number of methoxy groups -OCH3 is 2. The summed E-state index contributed by atoms with van der Waals surface area (Å²) < 4.78 is 15.9. The molecule has 1 amide bonds. The number of nitrogens with zero attached hydrogens (tertiary/aromatic N) is 2. The van der Waals surface area contributed by atoms with E-state index in [1.165, 1.54) is 0 Å². The Morgan fingerprint density at radius 2 is 1.86 bits per heavy atom. The second kappa shape index (κ2) is 9.91. The first-order valence-electron chi connectivity index (χ1n) is 9.23. The van der Waals surface area contributed by atoms with Gasteiger partial charge in [-0.3, -0.25) is 9.69 Å². The number of benzene rings is 1. The summed E-state index contributed by atoms with van der Waals surface area (Å²) in [5.74, 6) is 1.12. The van der Waals surface area contributed by atoms with Crippen LogP contribution in [0.3, 0.4) is 0 Å². The van der Waals surface area contributed by atoms with E-state index in [2.05, 4.69) is 20.5 Å². The maximum atomic E-state index is 12.2.